The maximum Gasteiger partial charge on any atom is 0.230 e. The van der Waals surface area contributed by atoms with Gasteiger partial charge in [-0.3, -0.25) is 4.79 Å². The number of aliphatic hydroxyl groups excluding tert-OH is 1. The van der Waals surface area contributed by atoms with E-state index in [0.29, 0.717) is 17.5 Å². The third-order valence-electron chi connectivity index (χ3n) is 2.05. The molecule has 2 N–H and O–H groups in total. The van der Waals surface area contributed by atoms with Gasteiger partial charge in [0.05, 0.1) is 12.4 Å². The summed E-state index contributed by atoms with van der Waals surface area (Å²) in [6, 6.07) is 0. The first kappa shape index (κ1) is 11.8. The van der Waals surface area contributed by atoms with Crippen molar-refractivity contribution in [2.75, 3.05) is 32.1 Å². The Morgan fingerprint density at radius 2 is 2.21 bits per heavy atom. The van der Waals surface area contributed by atoms with E-state index < -0.39 is 0 Å². The van der Waals surface area contributed by atoms with E-state index in [2.05, 4.69) is 5.32 Å². The maximum atomic E-state index is 11.2. The summed E-state index contributed by atoms with van der Waals surface area (Å²) >= 11 is 1.68. The fraction of sp³-hybridized carbons (Fsp3) is 0.889. The number of carbonyl (C=O) groups excluding carboxylic acids is 1. The number of carbonyl (C=O) groups is 1. The fourth-order valence-electron chi connectivity index (χ4n) is 1.28. The molecule has 1 amide bonds. The van der Waals surface area contributed by atoms with E-state index >= 15 is 0 Å². The van der Waals surface area contributed by atoms with Crippen LogP contribution in [-0.2, 0) is 9.53 Å². The van der Waals surface area contributed by atoms with Crippen molar-refractivity contribution in [3.05, 3.63) is 0 Å². The molecule has 0 unspecified atom stereocenters. The highest BCUT2D eigenvalue weighted by Crippen LogP contribution is 2.21. The zero-order valence-corrected chi connectivity index (χ0v) is 9.02. The largest absolute Gasteiger partial charge is 0.395 e. The monoisotopic (exact) mass is 219 g/mol. The van der Waals surface area contributed by atoms with Crippen LogP contribution in [0.15, 0.2) is 0 Å². The van der Waals surface area contributed by atoms with Crippen LogP contribution in [0.2, 0.25) is 0 Å². The van der Waals surface area contributed by atoms with Crippen molar-refractivity contribution >= 4 is 17.7 Å². The highest BCUT2D eigenvalue weighted by Gasteiger charge is 2.15. The summed E-state index contributed by atoms with van der Waals surface area (Å²) in [5.41, 5.74) is 0. The molecule has 1 fully saturated rings. The van der Waals surface area contributed by atoms with Crippen LogP contribution in [0.5, 0.6) is 0 Å². The van der Waals surface area contributed by atoms with E-state index in [1.165, 1.54) is 0 Å². The molecular weight excluding hydrogens is 202 g/mol. The Morgan fingerprint density at radius 1 is 1.50 bits per heavy atom. The zero-order valence-electron chi connectivity index (χ0n) is 8.20. The Labute approximate surface area is 88.4 Å². The van der Waals surface area contributed by atoms with Crippen LogP contribution in [0.3, 0.4) is 0 Å². The number of ether oxygens (including phenoxy) is 1. The molecule has 5 heteroatoms. The highest BCUT2D eigenvalue weighted by atomic mass is 32.2. The Morgan fingerprint density at radius 3 is 2.86 bits per heavy atom. The van der Waals surface area contributed by atoms with Gasteiger partial charge in [0.1, 0.15) is 0 Å². The van der Waals surface area contributed by atoms with Gasteiger partial charge in [0, 0.05) is 25.0 Å². The molecule has 1 aliphatic rings. The topological polar surface area (TPSA) is 58.6 Å². The molecule has 14 heavy (non-hydrogen) atoms. The average molecular weight is 219 g/mol. The van der Waals surface area contributed by atoms with Gasteiger partial charge in [-0.15, -0.1) is 11.8 Å². The number of thioether (sulfide) groups is 1. The summed E-state index contributed by atoms with van der Waals surface area (Å²) in [6.07, 6.45) is 2.08. The standard InChI is InChI=1S/C9H17NO3S/c11-4-3-10-9(12)7-14-8-1-5-13-6-2-8/h8,11H,1-7H2,(H,10,12). The molecule has 1 saturated heterocycles. The minimum Gasteiger partial charge on any atom is -0.395 e. The van der Waals surface area contributed by atoms with Gasteiger partial charge < -0.3 is 15.2 Å². The van der Waals surface area contributed by atoms with E-state index in [0.717, 1.165) is 26.1 Å². The zero-order chi connectivity index (χ0) is 10.2. The molecule has 0 radical (unpaired) electrons. The molecule has 4 nitrogen and oxygen atoms in total. The predicted octanol–water partition coefficient (Wildman–Crippen LogP) is 0.00710. The van der Waals surface area contributed by atoms with Crippen LogP contribution >= 0.6 is 11.8 Å². The lowest BCUT2D eigenvalue weighted by Crippen LogP contribution is -2.29. The van der Waals surface area contributed by atoms with Crippen molar-refractivity contribution in [1.29, 1.82) is 0 Å². The van der Waals surface area contributed by atoms with Crippen LogP contribution in [0.25, 0.3) is 0 Å². The molecular formula is C9H17NO3S. The summed E-state index contributed by atoms with van der Waals surface area (Å²) in [5.74, 6) is 0.501. The smallest absolute Gasteiger partial charge is 0.230 e. The summed E-state index contributed by atoms with van der Waals surface area (Å²) in [7, 11) is 0. The molecule has 0 aromatic carbocycles. The van der Waals surface area contributed by atoms with Gasteiger partial charge in [0.2, 0.25) is 5.91 Å². The number of hydrogen-bond donors (Lipinski definition) is 2. The molecule has 0 aliphatic carbocycles. The van der Waals surface area contributed by atoms with E-state index in [1.54, 1.807) is 11.8 Å². The SMILES string of the molecule is O=C(CSC1CCOCC1)NCCO. The van der Waals surface area contributed by atoms with Crippen LogP contribution in [0, 0.1) is 0 Å². The average Bonchev–Trinajstić information content (AvgIpc) is 2.25. The number of aliphatic hydroxyl groups is 1. The minimum atomic E-state index is 0.00761. The summed E-state index contributed by atoms with van der Waals surface area (Å²) in [5, 5.41) is 11.7. The quantitative estimate of drug-likeness (QED) is 0.684. The van der Waals surface area contributed by atoms with Crippen molar-refractivity contribution in [3.8, 4) is 0 Å². The van der Waals surface area contributed by atoms with Crippen molar-refractivity contribution < 1.29 is 14.6 Å². The lowest BCUT2D eigenvalue weighted by Gasteiger charge is -2.21. The van der Waals surface area contributed by atoms with Gasteiger partial charge in [-0.2, -0.15) is 0 Å². The van der Waals surface area contributed by atoms with Crippen molar-refractivity contribution in [2.24, 2.45) is 0 Å². The second kappa shape index (κ2) is 7.09. The molecule has 1 aliphatic heterocycles. The summed E-state index contributed by atoms with van der Waals surface area (Å²) < 4.78 is 5.22. The third kappa shape index (κ3) is 4.83. The Bertz CT molecular complexity index is 171. The lowest BCUT2D eigenvalue weighted by atomic mass is 10.2. The van der Waals surface area contributed by atoms with Crippen LogP contribution in [-0.4, -0.2) is 48.4 Å². The van der Waals surface area contributed by atoms with Crippen molar-refractivity contribution in [3.63, 3.8) is 0 Å². The fourth-order valence-corrected chi connectivity index (χ4v) is 2.30. The van der Waals surface area contributed by atoms with Crippen molar-refractivity contribution in [2.45, 2.75) is 18.1 Å². The number of nitrogens with one attached hydrogen (secondary N) is 1. The summed E-state index contributed by atoms with van der Waals surface area (Å²) in [6.45, 7) is 1.99. The van der Waals surface area contributed by atoms with Gasteiger partial charge >= 0.3 is 0 Å². The van der Waals surface area contributed by atoms with Crippen LogP contribution < -0.4 is 5.32 Å². The number of hydrogen-bond acceptors (Lipinski definition) is 4. The van der Waals surface area contributed by atoms with E-state index in [1.807, 2.05) is 0 Å². The minimum absolute atomic E-state index is 0.00761. The maximum absolute atomic E-state index is 11.2. The third-order valence-corrected chi connectivity index (χ3v) is 3.42. The Balaban J connectivity index is 2.03. The van der Waals surface area contributed by atoms with Crippen molar-refractivity contribution in [1.82, 2.24) is 5.32 Å². The second-order valence-electron chi connectivity index (χ2n) is 3.20. The van der Waals surface area contributed by atoms with E-state index in [4.69, 9.17) is 9.84 Å². The molecule has 0 spiro atoms. The Kier molecular flexibility index (Phi) is 5.98. The number of amides is 1. The predicted molar refractivity (Wildman–Crippen MR) is 56.4 cm³/mol. The molecule has 82 valence electrons. The van der Waals surface area contributed by atoms with Gasteiger partial charge in [-0.05, 0) is 12.8 Å². The molecule has 0 aromatic heterocycles. The molecule has 0 saturated carbocycles. The normalized spacial score (nSPS) is 18.1. The van der Waals surface area contributed by atoms with Gasteiger partial charge in [-0.1, -0.05) is 0 Å². The molecule has 1 rings (SSSR count). The van der Waals surface area contributed by atoms with Crippen LogP contribution in [0.1, 0.15) is 12.8 Å². The molecule has 0 bridgehead atoms. The Hall–Kier alpha value is -0.260. The summed E-state index contributed by atoms with van der Waals surface area (Å²) in [4.78, 5) is 11.2. The molecule has 0 aromatic rings. The first-order valence-electron chi connectivity index (χ1n) is 4.90. The van der Waals surface area contributed by atoms with Gasteiger partial charge in [-0.25, -0.2) is 0 Å². The first-order valence-corrected chi connectivity index (χ1v) is 5.94. The lowest BCUT2D eigenvalue weighted by molar-refractivity contribution is -0.118. The van der Waals surface area contributed by atoms with E-state index in [-0.39, 0.29) is 12.5 Å². The second-order valence-corrected chi connectivity index (χ2v) is 4.48. The molecule has 0 atom stereocenters. The number of rotatable bonds is 5. The van der Waals surface area contributed by atoms with Gasteiger partial charge in [0.15, 0.2) is 0 Å². The van der Waals surface area contributed by atoms with Gasteiger partial charge in [0.25, 0.3) is 0 Å². The van der Waals surface area contributed by atoms with E-state index in [9.17, 15) is 4.79 Å². The first-order chi connectivity index (χ1) is 6.83. The van der Waals surface area contributed by atoms with Crippen LogP contribution in [0.4, 0.5) is 0 Å². The molecule has 1 heterocycles. The highest BCUT2D eigenvalue weighted by molar-refractivity contribution is 8.00.